The van der Waals surface area contributed by atoms with Gasteiger partial charge in [-0.1, -0.05) is 13.8 Å². The molecule has 4 N–H and O–H groups in total. The average molecular weight is 391 g/mol. The van der Waals surface area contributed by atoms with Crippen LogP contribution in [0, 0.1) is 0 Å². The Balaban J connectivity index is -0.000000283. The molecule has 0 aromatic rings. The molecule has 146 valence electrons. The van der Waals surface area contributed by atoms with Gasteiger partial charge in [-0.15, -0.1) is 0 Å². The van der Waals surface area contributed by atoms with Crippen molar-refractivity contribution in [3.63, 3.8) is 0 Å². The summed E-state index contributed by atoms with van der Waals surface area (Å²) in [6, 6.07) is 0. The Bertz CT molecular complexity index is 264. The standard InChI is InChI=1S/C6H14O4.2C4H8O2S/c7-1-3-9-5-6-10-4-2-8;2*1-2-3(7)4(5)6/h7-8H,1-6H2;2*3,7H,2H2,1H3,(H,5,6). The van der Waals surface area contributed by atoms with Crippen LogP contribution in [0.4, 0.5) is 0 Å². The number of carbonyl (C=O) groups is 2. The van der Waals surface area contributed by atoms with Crippen LogP contribution in [-0.4, -0.2) is 82.5 Å². The zero-order valence-corrected chi connectivity index (χ0v) is 15.9. The van der Waals surface area contributed by atoms with Gasteiger partial charge in [0.05, 0.1) is 50.1 Å². The highest BCUT2D eigenvalue weighted by Crippen LogP contribution is 1.98. The molecule has 0 bridgehead atoms. The number of hydrogen-bond acceptors (Lipinski definition) is 8. The fraction of sp³-hybridized carbons (Fsp3) is 0.857. The molecule has 8 nitrogen and oxygen atoms in total. The summed E-state index contributed by atoms with van der Waals surface area (Å²) >= 11 is 7.45. The van der Waals surface area contributed by atoms with Gasteiger partial charge in [0, 0.05) is 0 Å². The maximum atomic E-state index is 9.85. The SMILES string of the molecule is CCC(S)C(=O)O.CCC(S)C(=O)O.OCCOCCOCCO. The summed E-state index contributed by atoms with van der Waals surface area (Å²) in [5, 5.41) is 31.8. The van der Waals surface area contributed by atoms with Crippen molar-refractivity contribution in [1.82, 2.24) is 0 Å². The number of aliphatic hydroxyl groups is 2. The van der Waals surface area contributed by atoms with Gasteiger partial charge in [0.2, 0.25) is 0 Å². The van der Waals surface area contributed by atoms with E-state index < -0.39 is 22.4 Å². The third-order valence-corrected chi connectivity index (χ3v) is 3.36. The van der Waals surface area contributed by atoms with Crippen molar-refractivity contribution in [2.75, 3.05) is 39.6 Å². The summed E-state index contributed by atoms with van der Waals surface area (Å²) in [6.07, 6.45) is 1.16. The van der Waals surface area contributed by atoms with Crippen molar-refractivity contribution >= 4 is 37.2 Å². The molecular weight excluding hydrogens is 360 g/mol. The molecule has 0 amide bonds. The summed E-state index contributed by atoms with van der Waals surface area (Å²) in [7, 11) is 0. The molecule has 2 atom stereocenters. The van der Waals surface area contributed by atoms with Crippen molar-refractivity contribution in [2.45, 2.75) is 37.2 Å². The summed E-state index contributed by atoms with van der Waals surface area (Å²) in [6.45, 7) is 5.30. The normalized spacial score (nSPS) is 12.1. The molecular formula is C14H30O8S2. The molecule has 0 aromatic heterocycles. The predicted octanol–water partition coefficient (Wildman–Crippen LogP) is 0.563. The van der Waals surface area contributed by atoms with Crippen LogP contribution in [0.1, 0.15) is 26.7 Å². The smallest absolute Gasteiger partial charge is 0.316 e. The van der Waals surface area contributed by atoms with Gasteiger partial charge in [0.15, 0.2) is 0 Å². The molecule has 24 heavy (non-hydrogen) atoms. The van der Waals surface area contributed by atoms with E-state index in [2.05, 4.69) is 25.3 Å². The van der Waals surface area contributed by atoms with Crippen LogP contribution in [0.2, 0.25) is 0 Å². The van der Waals surface area contributed by atoms with E-state index in [4.69, 9.17) is 29.9 Å². The highest BCUT2D eigenvalue weighted by molar-refractivity contribution is 7.82. The first-order chi connectivity index (χ1) is 11.3. The second-order valence-corrected chi connectivity index (χ2v) is 5.44. The molecule has 10 heteroatoms. The molecule has 0 aromatic carbocycles. The molecule has 0 fully saturated rings. The summed E-state index contributed by atoms with van der Waals surface area (Å²) in [5.74, 6) is -1.68. The number of aliphatic hydroxyl groups excluding tert-OH is 2. The van der Waals surface area contributed by atoms with E-state index in [9.17, 15) is 9.59 Å². The fourth-order valence-corrected chi connectivity index (χ4v) is 0.800. The van der Waals surface area contributed by atoms with Crippen LogP contribution >= 0.6 is 25.3 Å². The first kappa shape index (κ1) is 28.3. The number of rotatable bonds is 11. The van der Waals surface area contributed by atoms with Crippen molar-refractivity contribution < 1.29 is 39.5 Å². The highest BCUT2D eigenvalue weighted by atomic mass is 32.1. The van der Waals surface area contributed by atoms with Gasteiger partial charge in [0.1, 0.15) is 0 Å². The minimum atomic E-state index is -0.842. The van der Waals surface area contributed by atoms with Crippen LogP contribution in [0.3, 0.4) is 0 Å². The van der Waals surface area contributed by atoms with Gasteiger partial charge in [-0.05, 0) is 12.8 Å². The van der Waals surface area contributed by atoms with Gasteiger partial charge in [-0.3, -0.25) is 9.59 Å². The Morgan fingerprint density at radius 1 is 0.792 bits per heavy atom. The largest absolute Gasteiger partial charge is 0.480 e. The predicted molar refractivity (Wildman–Crippen MR) is 97.2 cm³/mol. The summed E-state index contributed by atoms with van der Waals surface area (Å²) in [5.41, 5.74) is 0. The van der Waals surface area contributed by atoms with E-state index >= 15 is 0 Å². The highest BCUT2D eigenvalue weighted by Gasteiger charge is 2.06. The molecule has 0 aliphatic heterocycles. The molecule has 0 saturated heterocycles. The van der Waals surface area contributed by atoms with E-state index in [0.29, 0.717) is 39.3 Å². The van der Waals surface area contributed by atoms with Gasteiger partial charge >= 0.3 is 11.9 Å². The molecule has 2 unspecified atom stereocenters. The van der Waals surface area contributed by atoms with Crippen molar-refractivity contribution in [1.29, 1.82) is 0 Å². The molecule has 0 rings (SSSR count). The van der Waals surface area contributed by atoms with Gasteiger partial charge in [-0.25, -0.2) is 0 Å². The minimum Gasteiger partial charge on any atom is -0.480 e. The number of thiol groups is 2. The third-order valence-electron chi connectivity index (χ3n) is 2.19. The van der Waals surface area contributed by atoms with Crippen molar-refractivity contribution in [3.8, 4) is 0 Å². The van der Waals surface area contributed by atoms with Gasteiger partial charge < -0.3 is 29.9 Å². The van der Waals surface area contributed by atoms with Crippen LogP contribution in [0.25, 0.3) is 0 Å². The van der Waals surface area contributed by atoms with E-state index in [0.717, 1.165) is 0 Å². The second kappa shape index (κ2) is 22.5. The van der Waals surface area contributed by atoms with Crippen molar-refractivity contribution in [2.24, 2.45) is 0 Å². The topological polar surface area (TPSA) is 134 Å². The van der Waals surface area contributed by atoms with Crippen LogP contribution in [0.15, 0.2) is 0 Å². The monoisotopic (exact) mass is 390 g/mol. The van der Waals surface area contributed by atoms with E-state index in [1.54, 1.807) is 13.8 Å². The maximum absolute atomic E-state index is 9.85. The Morgan fingerprint density at radius 3 is 1.21 bits per heavy atom. The van der Waals surface area contributed by atoms with E-state index in [1.165, 1.54) is 0 Å². The average Bonchev–Trinajstić information content (AvgIpc) is 2.57. The molecule has 0 radical (unpaired) electrons. The van der Waals surface area contributed by atoms with Gasteiger partial charge in [-0.2, -0.15) is 25.3 Å². The maximum Gasteiger partial charge on any atom is 0.316 e. The zero-order chi connectivity index (χ0) is 19.4. The van der Waals surface area contributed by atoms with Gasteiger partial charge in [0.25, 0.3) is 0 Å². The summed E-state index contributed by atoms with van der Waals surface area (Å²) < 4.78 is 9.75. The van der Waals surface area contributed by atoms with Crippen LogP contribution in [-0.2, 0) is 19.1 Å². The Labute approximate surface area is 154 Å². The number of aliphatic carboxylic acids is 2. The van der Waals surface area contributed by atoms with E-state index in [1.807, 2.05) is 0 Å². The quantitative estimate of drug-likeness (QED) is 0.223. The number of carboxylic acid groups (broad SMARTS) is 2. The zero-order valence-electron chi connectivity index (χ0n) is 14.1. The number of ether oxygens (including phenoxy) is 2. The summed E-state index contributed by atoms with van der Waals surface area (Å²) in [4.78, 5) is 19.7. The van der Waals surface area contributed by atoms with E-state index in [-0.39, 0.29) is 13.2 Å². The molecule has 0 spiro atoms. The Kier molecular flexibility index (Phi) is 26.5. The van der Waals surface area contributed by atoms with Crippen LogP contribution < -0.4 is 0 Å². The molecule has 0 saturated carbocycles. The lowest BCUT2D eigenvalue weighted by molar-refractivity contribution is -0.137. The first-order valence-corrected chi connectivity index (χ1v) is 8.50. The lowest BCUT2D eigenvalue weighted by Gasteiger charge is -2.01. The minimum absolute atomic E-state index is 0.0417. The van der Waals surface area contributed by atoms with Crippen LogP contribution in [0.5, 0.6) is 0 Å². The first-order valence-electron chi connectivity index (χ1n) is 7.47. The number of hydrogen-bond donors (Lipinski definition) is 6. The lowest BCUT2D eigenvalue weighted by Crippen LogP contribution is -2.10. The molecule has 0 aliphatic rings. The second-order valence-electron chi connectivity index (χ2n) is 4.20. The number of carboxylic acids is 2. The van der Waals surface area contributed by atoms with Crippen molar-refractivity contribution in [3.05, 3.63) is 0 Å². The Hall–Kier alpha value is -0.520. The third kappa shape index (κ3) is 26.4. The lowest BCUT2D eigenvalue weighted by atomic mass is 10.3. The fourth-order valence-electron chi connectivity index (χ4n) is 0.800. The molecule has 0 heterocycles. The Morgan fingerprint density at radius 2 is 1.08 bits per heavy atom. The molecule has 0 aliphatic carbocycles.